The summed E-state index contributed by atoms with van der Waals surface area (Å²) in [5, 5.41) is 0. The summed E-state index contributed by atoms with van der Waals surface area (Å²) in [5.41, 5.74) is 7.16. The van der Waals surface area contributed by atoms with Crippen molar-refractivity contribution in [2.75, 3.05) is 27.1 Å². The van der Waals surface area contributed by atoms with Gasteiger partial charge in [0, 0.05) is 17.3 Å². The van der Waals surface area contributed by atoms with E-state index >= 15 is 0 Å². The van der Waals surface area contributed by atoms with Crippen molar-refractivity contribution in [1.29, 1.82) is 0 Å². The zero-order valence-corrected chi connectivity index (χ0v) is 12.2. The molecular formula is C16H17NO4. The van der Waals surface area contributed by atoms with Crippen LogP contribution in [-0.4, -0.2) is 27.1 Å². The van der Waals surface area contributed by atoms with Crippen LogP contribution in [-0.2, 0) is 0 Å². The van der Waals surface area contributed by atoms with E-state index in [2.05, 4.69) is 0 Å². The number of carbonyl (C=O) groups excluding carboxylic acids is 1. The highest BCUT2D eigenvalue weighted by Crippen LogP contribution is 2.30. The summed E-state index contributed by atoms with van der Waals surface area (Å²) in [4.78, 5) is 12.6. The van der Waals surface area contributed by atoms with Gasteiger partial charge in [0.2, 0.25) is 0 Å². The third-order valence-electron chi connectivity index (χ3n) is 3.12. The molecule has 0 aliphatic rings. The molecule has 5 nitrogen and oxygen atoms in total. The van der Waals surface area contributed by atoms with Gasteiger partial charge in [0.25, 0.3) is 0 Å². The Morgan fingerprint density at radius 3 is 2.14 bits per heavy atom. The SMILES string of the molecule is COc1ccc(C(=O)c2ccc(N)cc2OC)cc1OC. The maximum atomic E-state index is 12.6. The van der Waals surface area contributed by atoms with Crippen molar-refractivity contribution < 1.29 is 19.0 Å². The second kappa shape index (κ2) is 6.17. The molecular weight excluding hydrogens is 270 g/mol. The summed E-state index contributed by atoms with van der Waals surface area (Å²) in [6.07, 6.45) is 0. The molecule has 2 N–H and O–H groups in total. The largest absolute Gasteiger partial charge is 0.496 e. The Labute approximate surface area is 123 Å². The minimum atomic E-state index is -0.173. The van der Waals surface area contributed by atoms with Gasteiger partial charge in [-0.25, -0.2) is 0 Å². The van der Waals surface area contributed by atoms with E-state index in [0.717, 1.165) is 0 Å². The minimum Gasteiger partial charge on any atom is -0.496 e. The van der Waals surface area contributed by atoms with Gasteiger partial charge in [-0.2, -0.15) is 0 Å². The quantitative estimate of drug-likeness (QED) is 0.676. The second-order valence-corrected chi connectivity index (χ2v) is 4.36. The molecule has 0 unspecified atom stereocenters. The van der Waals surface area contributed by atoms with Crippen LogP contribution in [0.4, 0.5) is 5.69 Å². The van der Waals surface area contributed by atoms with Gasteiger partial charge in [-0.15, -0.1) is 0 Å². The van der Waals surface area contributed by atoms with Crippen LogP contribution >= 0.6 is 0 Å². The van der Waals surface area contributed by atoms with E-state index in [1.165, 1.54) is 14.2 Å². The summed E-state index contributed by atoms with van der Waals surface area (Å²) >= 11 is 0. The average molecular weight is 287 g/mol. The van der Waals surface area contributed by atoms with Crippen LogP contribution in [0.5, 0.6) is 17.2 Å². The van der Waals surface area contributed by atoms with Crippen LogP contribution < -0.4 is 19.9 Å². The number of rotatable bonds is 5. The smallest absolute Gasteiger partial charge is 0.196 e. The molecule has 5 heteroatoms. The van der Waals surface area contributed by atoms with Crippen molar-refractivity contribution in [3.8, 4) is 17.2 Å². The van der Waals surface area contributed by atoms with Gasteiger partial charge in [0.15, 0.2) is 17.3 Å². The summed E-state index contributed by atoms with van der Waals surface area (Å²) in [6, 6.07) is 9.93. The van der Waals surface area contributed by atoms with Crippen LogP contribution in [0.3, 0.4) is 0 Å². The predicted octanol–water partition coefficient (Wildman–Crippen LogP) is 2.53. The van der Waals surface area contributed by atoms with E-state index in [1.807, 2.05) is 0 Å². The lowest BCUT2D eigenvalue weighted by atomic mass is 10.0. The molecule has 0 fully saturated rings. The molecule has 2 aromatic rings. The number of ether oxygens (including phenoxy) is 3. The Kier molecular flexibility index (Phi) is 4.33. The first-order valence-electron chi connectivity index (χ1n) is 6.31. The first kappa shape index (κ1) is 14.7. The molecule has 2 rings (SSSR count). The van der Waals surface area contributed by atoms with Crippen molar-refractivity contribution in [3.05, 3.63) is 47.5 Å². The highest BCUT2D eigenvalue weighted by atomic mass is 16.5. The van der Waals surface area contributed by atoms with Crippen molar-refractivity contribution in [1.82, 2.24) is 0 Å². The molecule has 0 atom stereocenters. The fraction of sp³-hybridized carbons (Fsp3) is 0.188. The van der Waals surface area contributed by atoms with E-state index < -0.39 is 0 Å². The number of benzene rings is 2. The minimum absolute atomic E-state index is 0.173. The van der Waals surface area contributed by atoms with Crippen LogP contribution in [0.25, 0.3) is 0 Å². The molecule has 21 heavy (non-hydrogen) atoms. The van der Waals surface area contributed by atoms with Crippen LogP contribution in [0.15, 0.2) is 36.4 Å². The second-order valence-electron chi connectivity index (χ2n) is 4.36. The summed E-state index contributed by atoms with van der Waals surface area (Å²) in [6.45, 7) is 0. The highest BCUT2D eigenvalue weighted by molar-refractivity contribution is 6.11. The van der Waals surface area contributed by atoms with Crippen LogP contribution in [0.2, 0.25) is 0 Å². The normalized spacial score (nSPS) is 10.0. The Hall–Kier alpha value is -2.69. The number of carbonyl (C=O) groups is 1. The number of anilines is 1. The van der Waals surface area contributed by atoms with E-state index in [0.29, 0.717) is 34.1 Å². The lowest BCUT2D eigenvalue weighted by Crippen LogP contribution is -2.05. The number of nitrogens with two attached hydrogens (primary N) is 1. The van der Waals surface area contributed by atoms with Gasteiger partial charge in [0.1, 0.15) is 5.75 Å². The van der Waals surface area contributed by atoms with Gasteiger partial charge in [0.05, 0.1) is 26.9 Å². The molecule has 0 aliphatic heterocycles. The van der Waals surface area contributed by atoms with Gasteiger partial charge in [-0.3, -0.25) is 4.79 Å². The molecule has 0 saturated heterocycles. The predicted molar refractivity (Wildman–Crippen MR) is 80.4 cm³/mol. The van der Waals surface area contributed by atoms with Gasteiger partial charge in [-0.05, 0) is 30.3 Å². The average Bonchev–Trinajstić information content (AvgIpc) is 2.53. The molecule has 0 bridgehead atoms. The zero-order chi connectivity index (χ0) is 15.4. The molecule has 0 heterocycles. The number of nitrogen functional groups attached to an aromatic ring is 1. The van der Waals surface area contributed by atoms with Crippen LogP contribution in [0.1, 0.15) is 15.9 Å². The molecule has 0 aliphatic carbocycles. The lowest BCUT2D eigenvalue weighted by Gasteiger charge is -2.11. The van der Waals surface area contributed by atoms with Gasteiger partial charge < -0.3 is 19.9 Å². The lowest BCUT2D eigenvalue weighted by molar-refractivity contribution is 0.103. The maximum absolute atomic E-state index is 12.6. The third kappa shape index (κ3) is 2.91. The fourth-order valence-corrected chi connectivity index (χ4v) is 2.03. The monoisotopic (exact) mass is 287 g/mol. The maximum Gasteiger partial charge on any atom is 0.196 e. The first-order chi connectivity index (χ1) is 10.1. The number of hydrogen-bond acceptors (Lipinski definition) is 5. The zero-order valence-electron chi connectivity index (χ0n) is 12.2. The molecule has 0 amide bonds. The standard InChI is InChI=1S/C16H17NO4/c1-19-13-7-4-10(8-15(13)21-3)16(18)12-6-5-11(17)9-14(12)20-2/h4-9H,17H2,1-3H3. The van der Waals surface area contributed by atoms with Crippen molar-refractivity contribution in [3.63, 3.8) is 0 Å². The molecule has 0 radical (unpaired) electrons. The Morgan fingerprint density at radius 2 is 1.52 bits per heavy atom. The topological polar surface area (TPSA) is 70.8 Å². The Bertz CT molecular complexity index is 667. The third-order valence-corrected chi connectivity index (χ3v) is 3.12. The highest BCUT2D eigenvalue weighted by Gasteiger charge is 2.16. The molecule has 0 aromatic heterocycles. The molecule has 110 valence electrons. The van der Waals surface area contributed by atoms with Crippen molar-refractivity contribution in [2.24, 2.45) is 0 Å². The van der Waals surface area contributed by atoms with Crippen LogP contribution in [0, 0.1) is 0 Å². The van der Waals surface area contributed by atoms with Gasteiger partial charge in [-0.1, -0.05) is 0 Å². The van der Waals surface area contributed by atoms with Gasteiger partial charge >= 0.3 is 0 Å². The van der Waals surface area contributed by atoms with E-state index in [-0.39, 0.29) is 5.78 Å². The van der Waals surface area contributed by atoms with E-state index in [1.54, 1.807) is 43.5 Å². The summed E-state index contributed by atoms with van der Waals surface area (Å²) in [5.74, 6) is 1.33. The van der Waals surface area contributed by atoms with E-state index in [4.69, 9.17) is 19.9 Å². The van der Waals surface area contributed by atoms with Crippen molar-refractivity contribution >= 4 is 11.5 Å². The Balaban J connectivity index is 2.45. The van der Waals surface area contributed by atoms with Crippen molar-refractivity contribution in [2.45, 2.75) is 0 Å². The molecule has 2 aromatic carbocycles. The summed E-state index contributed by atoms with van der Waals surface area (Å²) in [7, 11) is 4.57. The number of ketones is 1. The van der Waals surface area contributed by atoms with E-state index in [9.17, 15) is 4.79 Å². The molecule has 0 saturated carbocycles. The molecule has 0 spiro atoms. The fourth-order valence-electron chi connectivity index (χ4n) is 2.03. The summed E-state index contributed by atoms with van der Waals surface area (Å²) < 4.78 is 15.6. The Morgan fingerprint density at radius 1 is 0.857 bits per heavy atom. The number of hydrogen-bond donors (Lipinski definition) is 1. The first-order valence-corrected chi connectivity index (χ1v) is 6.31. The number of methoxy groups -OCH3 is 3.